The first-order valence-corrected chi connectivity index (χ1v) is 8.41. The molecule has 0 aromatic heterocycles. The molecule has 3 N–H and O–H groups in total. The van der Waals surface area contributed by atoms with Crippen LogP contribution in [-0.2, 0) is 4.79 Å². The molecule has 0 radical (unpaired) electrons. The summed E-state index contributed by atoms with van der Waals surface area (Å²) >= 11 is 3.41. The van der Waals surface area contributed by atoms with E-state index in [0.717, 1.165) is 15.7 Å². The predicted octanol–water partition coefficient (Wildman–Crippen LogP) is 2.80. The molecule has 0 atom stereocenters. The number of hydrogen-bond acceptors (Lipinski definition) is 2. The topological polar surface area (TPSA) is 65.5 Å². The Kier molecular flexibility index (Phi) is 6.24. The number of amides is 1. The first-order valence-electron chi connectivity index (χ1n) is 7.61. The van der Waals surface area contributed by atoms with Gasteiger partial charge in [-0.3, -0.25) is 9.79 Å². The third-order valence-electron chi connectivity index (χ3n) is 3.81. The Morgan fingerprint density at radius 2 is 2.09 bits per heavy atom. The summed E-state index contributed by atoms with van der Waals surface area (Å²) in [7, 11) is 1.72. The van der Waals surface area contributed by atoms with Crippen molar-refractivity contribution in [2.24, 2.45) is 4.99 Å². The van der Waals surface area contributed by atoms with E-state index in [9.17, 15) is 4.79 Å². The van der Waals surface area contributed by atoms with Crippen molar-refractivity contribution in [1.29, 1.82) is 0 Å². The van der Waals surface area contributed by atoms with Crippen LogP contribution >= 0.6 is 15.9 Å². The molecule has 1 fully saturated rings. The minimum absolute atomic E-state index is 0.0874. The summed E-state index contributed by atoms with van der Waals surface area (Å²) in [5, 5.41) is 9.33. The van der Waals surface area contributed by atoms with Gasteiger partial charge in [-0.25, -0.2) is 0 Å². The van der Waals surface area contributed by atoms with Crippen molar-refractivity contribution in [3.63, 3.8) is 0 Å². The zero-order valence-corrected chi connectivity index (χ0v) is 14.7. The number of anilines is 1. The molecule has 1 amide bonds. The van der Waals surface area contributed by atoms with Crippen LogP contribution < -0.4 is 16.0 Å². The molecule has 6 heteroatoms. The SMILES string of the molecule is CN=C(NCC(=O)Nc1cc(Br)ccc1C)NC1CCCC1. The van der Waals surface area contributed by atoms with Gasteiger partial charge in [-0.15, -0.1) is 0 Å². The lowest BCUT2D eigenvalue weighted by atomic mass is 10.2. The Labute approximate surface area is 140 Å². The standard InChI is InChI=1S/C16H23BrN4O/c1-11-7-8-12(17)9-14(11)21-15(22)10-19-16(18-2)20-13-5-3-4-6-13/h7-9,13H,3-6,10H2,1-2H3,(H,21,22)(H2,18,19,20). The Hall–Kier alpha value is -1.56. The van der Waals surface area contributed by atoms with Crippen molar-refractivity contribution < 1.29 is 4.79 Å². The van der Waals surface area contributed by atoms with Crippen molar-refractivity contribution in [2.75, 3.05) is 18.9 Å². The van der Waals surface area contributed by atoms with Gasteiger partial charge in [0.15, 0.2) is 5.96 Å². The van der Waals surface area contributed by atoms with Crippen LogP contribution in [0.4, 0.5) is 5.69 Å². The van der Waals surface area contributed by atoms with Gasteiger partial charge in [0.25, 0.3) is 0 Å². The zero-order chi connectivity index (χ0) is 15.9. The van der Waals surface area contributed by atoms with Gasteiger partial charge in [-0.2, -0.15) is 0 Å². The fraction of sp³-hybridized carbons (Fsp3) is 0.500. The molecule has 0 heterocycles. The van der Waals surface area contributed by atoms with Crippen LogP contribution in [0.3, 0.4) is 0 Å². The van der Waals surface area contributed by atoms with E-state index in [1.54, 1.807) is 7.05 Å². The van der Waals surface area contributed by atoms with E-state index in [1.807, 2.05) is 25.1 Å². The molecule has 1 aliphatic carbocycles. The molecule has 120 valence electrons. The summed E-state index contributed by atoms with van der Waals surface area (Å²) in [6, 6.07) is 6.30. The number of aryl methyl sites for hydroxylation is 1. The number of guanidine groups is 1. The summed E-state index contributed by atoms with van der Waals surface area (Å²) in [5.74, 6) is 0.601. The van der Waals surface area contributed by atoms with Crippen molar-refractivity contribution in [2.45, 2.75) is 38.6 Å². The number of rotatable bonds is 4. The average Bonchev–Trinajstić information content (AvgIpc) is 3.00. The maximum atomic E-state index is 12.1. The van der Waals surface area contributed by atoms with Gasteiger partial charge in [0, 0.05) is 23.2 Å². The molecule has 0 aliphatic heterocycles. The van der Waals surface area contributed by atoms with Crippen molar-refractivity contribution >= 4 is 33.5 Å². The Balaban J connectivity index is 1.82. The first kappa shape index (κ1) is 16.8. The van der Waals surface area contributed by atoms with Crippen LogP contribution in [0, 0.1) is 6.92 Å². The van der Waals surface area contributed by atoms with Crippen LogP contribution in [0.5, 0.6) is 0 Å². The van der Waals surface area contributed by atoms with E-state index in [-0.39, 0.29) is 12.5 Å². The highest BCUT2D eigenvalue weighted by atomic mass is 79.9. The number of hydrogen-bond donors (Lipinski definition) is 3. The number of carbonyl (C=O) groups is 1. The summed E-state index contributed by atoms with van der Waals surface area (Å²) in [5.41, 5.74) is 1.85. The van der Waals surface area contributed by atoms with Gasteiger partial charge >= 0.3 is 0 Å². The van der Waals surface area contributed by atoms with Crippen LogP contribution in [0.15, 0.2) is 27.7 Å². The van der Waals surface area contributed by atoms with Crippen LogP contribution in [0.1, 0.15) is 31.2 Å². The number of carbonyl (C=O) groups excluding carboxylic acids is 1. The van der Waals surface area contributed by atoms with Crippen molar-refractivity contribution in [1.82, 2.24) is 10.6 Å². The second kappa shape index (κ2) is 8.17. The molecule has 1 aliphatic rings. The number of nitrogens with zero attached hydrogens (tertiary/aromatic N) is 1. The van der Waals surface area contributed by atoms with E-state index in [1.165, 1.54) is 25.7 Å². The Bertz CT molecular complexity index is 553. The second-order valence-electron chi connectivity index (χ2n) is 5.56. The van der Waals surface area contributed by atoms with Crippen LogP contribution in [0.2, 0.25) is 0 Å². The van der Waals surface area contributed by atoms with E-state index < -0.39 is 0 Å². The largest absolute Gasteiger partial charge is 0.354 e. The summed E-state index contributed by atoms with van der Waals surface area (Å²) in [6.07, 6.45) is 4.86. The van der Waals surface area contributed by atoms with E-state index in [4.69, 9.17) is 0 Å². The Morgan fingerprint density at radius 3 is 2.77 bits per heavy atom. The number of aliphatic imine (C=N–C) groups is 1. The fourth-order valence-electron chi connectivity index (χ4n) is 2.55. The van der Waals surface area contributed by atoms with Crippen molar-refractivity contribution in [3.05, 3.63) is 28.2 Å². The molecule has 1 aromatic carbocycles. The number of halogens is 1. The van der Waals surface area contributed by atoms with E-state index >= 15 is 0 Å². The smallest absolute Gasteiger partial charge is 0.243 e. The van der Waals surface area contributed by atoms with E-state index in [0.29, 0.717) is 12.0 Å². The van der Waals surface area contributed by atoms with Crippen LogP contribution in [-0.4, -0.2) is 31.5 Å². The molecule has 1 saturated carbocycles. The Morgan fingerprint density at radius 1 is 1.36 bits per heavy atom. The lowest BCUT2D eigenvalue weighted by Crippen LogP contribution is -2.45. The van der Waals surface area contributed by atoms with Crippen LogP contribution in [0.25, 0.3) is 0 Å². The minimum Gasteiger partial charge on any atom is -0.354 e. The fourth-order valence-corrected chi connectivity index (χ4v) is 2.91. The third-order valence-corrected chi connectivity index (χ3v) is 4.30. The lowest BCUT2D eigenvalue weighted by Gasteiger charge is -2.17. The highest BCUT2D eigenvalue weighted by Gasteiger charge is 2.16. The van der Waals surface area contributed by atoms with Gasteiger partial charge in [0.2, 0.25) is 5.91 Å². The first-order chi connectivity index (χ1) is 10.6. The molecular weight excluding hydrogens is 344 g/mol. The molecular formula is C16H23BrN4O. The quantitative estimate of drug-likeness (QED) is 0.566. The monoisotopic (exact) mass is 366 g/mol. The van der Waals surface area contributed by atoms with Gasteiger partial charge in [0.1, 0.15) is 0 Å². The molecule has 22 heavy (non-hydrogen) atoms. The van der Waals surface area contributed by atoms with Gasteiger partial charge in [0.05, 0.1) is 6.54 Å². The maximum Gasteiger partial charge on any atom is 0.243 e. The molecule has 2 rings (SSSR count). The normalized spacial score (nSPS) is 15.7. The minimum atomic E-state index is -0.0874. The molecule has 0 spiro atoms. The molecule has 1 aromatic rings. The number of nitrogens with one attached hydrogen (secondary N) is 3. The highest BCUT2D eigenvalue weighted by Crippen LogP contribution is 2.20. The summed E-state index contributed by atoms with van der Waals surface area (Å²) in [6.45, 7) is 2.16. The average molecular weight is 367 g/mol. The predicted molar refractivity (Wildman–Crippen MR) is 94.3 cm³/mol. The summed E-state index contributed by atoms with van der Waals surface area (Å²) in [4.78, 5) is 16.2. The second-order valence-corrected chi connectivity index (χ2v) is 6.47. The third kappa shape index (κ3) is 5.02. The maximum absolute atomic E-state index is 12.1. The molecule has 0 unspecified atom stereocenters. The molecule has 0 bridgehead atoms. The lowest BCUT2D eigenvalue weighted by molar-refractivity contribution is -0.115. The molecule has 0 saturated heterocycles. The number of benzene rings is 1. The van der Waals surface area contributed by atoms with Gasteiger partial charge in [-0.05, 0) is 37.5 Å². The van der Waals surface area contributed by atoms with Gasteiger partial charge < -0.3 is 16.0 Å². The zero-order valence-electron chi connectivity index (χ0n) is 13.1. The van der Waals surface area contributed by atoms with E-state index in [2.05, 4.69) is 36.9 Å². The van der Waals surface area contributed by atoms with Gasteiger partial charge in [-0.1, -0.05) is 34.8 Å². The molecule has 5 nitrogen and oxygen atoms in total. The highest BCUT2D eigenvalue weighted by molar-refractivity contribution is 9.10. The van der Waals surface area contributed by atoms with Crippen molar-refractivity contribution in [3.8, 4) is 0 Å². The summed E-state index contributed by atoms with van der Waals surface area (Å²) < 4.78 is 0.945.